The van der Waals surface area contributed by atoms with E-state index in [0.717, 1.165) is 26.1 Å². The van der Waals surface area contributed by atoms with E-state index in [0.29, 0.717) is 0 Å². The van der Waals surface area contributed by atoms with Crippen LogP contribution >= 0.6 is 0 Å². The molecule has 0 radical (unpaired) electrons. The molecule has 0 aliphatic carbocycles. The predicted octanol–water partition coefficient (Wildman–Crippen LogP) is 3.65. The van der Waals surface area contributed by atoms with Crippen molar-refractivity contribution < 1.29 is 5.11 Å². The van der Waals surface area contributed by atoms with Crippen molar-refractivity contribution >= 4 is 0 Å². The van der Waals surface area contributed by atoms with E-state index < -0.39 is 0 Å². The monoisotopic (exact) mass is 295 g/mol. The van der Waals surface area contributed by atoms with Crippen LogP contribution in [0, 0.1) is 13.8 Å². The summed E-state index contributed by atoms with van der Waals surface area (Å²) in [5.41, 5.74) is 5.29. The second kappa shape index (κ2) is 6.64. The second-order valence-corrected chi connectivity index (χ2v) is 6.49. The van der Waals surface area contributed by atoms with Gasteiger partial charge in [-0.1, -0.05) is 48.5 Å². The zero-order chi connectivity index (χ0) is 15.5. The van der Waals surface area contributed by atoms with E-state index in [1.54, 1.807) is 0 Å². The number of aliphatic hydroxyl groups is 1. The third-order valence-corrected chi connectivity index (χ3v) is 4.83. The van der Waals surface area contributed by atoms with Gasteiger partial charge >= 0.3 is 0 Å². The third kappa shape index (κ3) is 3.23. The zero-order valence-corrected chi connectivity index (χ0v) is 13.5. The van der Waals surface area contributed by atoms with Crippen molar-refractivity contribution in [3.8, 4) is 0 Å². The molecule has 0 saturated carbocycles. The van der Waals surface area contributed by atoms with Crippen LogP contribution in [0.25, 0.3) is 0 Å². The highest BCUT2D eigenvalue weighted by Gasteiger charge is 2.30. The molecule has 2 atom stereocenters. The van der Waals surface area contributed by atoms with Crippen LogP contribution in [-0.2, 0) is 6.54 Å². The van der Waals surface area contributed by atoms with Crippen LogP contribution in [0.3, 0.4) is 0 Å². The summed E-state index contributed by atoms with van der Waals surface area (Å²) in [6, 6.07) is 16.9. The standard InChI is InChI=1S/C20H25NO/c1-15-7-6-8-16(2)20(15)18-11-12-21(14-19(18)22)13-17-9-4-3-5-10-17/h3-10,18-19,22H,11-14H2,1-2H3. The van der Waals surface area contributed by atoms with E-state index in [-0.39, 0.29) is 12.0 Å². The SMILES string of the molecule is Cc1cccc(C)c1C1CCN(Cc2ccccc2)CC1O. The molecule has 1 N–H and O–H groups in total. The van der Waals surface area contributed by atoms with E-state index in [1.165, 1.54) is 22.3 Å². The van der Waals surface area contributed by atoms with Gasteiger partial charge in [-0.3, -0.25) is 4.90 Å². The van der Waals surface area contributed by atoms with Gasteiger partial charge in [-0.25, -0.2) is 0 Å². The average Bonchev–Trinajstić information content (AvgIpc) is 2.50. The lowest BCUT2D eigenvalue weighted by Gasteiger charge is -2.37. The number of aliphatic hydroxyl groups excluding tert-OH is 1. The van der Waals surface area contributed by atoms with Gasteiger partial charge in [-0.05, 0) is 49.1 Å². The maximum absolute atomic E-state index is 10.7. The number of β-amino-alcohol motifs (C(OH)–C–C–N with tert-alkyl or cyclic N) is 1. The summed E-state index contributed by atoms with van der Waals surface area (Å²) in [7, 11) is 0. The van der Waals surface area contributed by atoms with Crippen LogP contribution in [-0.4, -0.2) is 29.2 Å². The summed E-state index contributed by atoms with van der Waals surface area (Å²) in [5.74, 6) is 0.272. The van der Waals surface area contributed by atoms with Gasteiger partial charge in [0.05, 0.1) is 6.10 Å². The van der Waals surface area contributed by atoms with Gasteiger partial charge < -0.3 is 5.11 Å². The molecule has 2 heteroatoms. The van der Waals surface area contributed by atoms with Crippen molar-refractivity contribution in [1.29, 1.82) is 0 Å². The maximum atomic E-state index is 10.7. The minimum Gasteiger partial charge on any atom is -0.391 e. The predicted molar refractivity (Wildman–Crippen MR) is 91.0 cm³/mol. The fourth-order valence-electron chi connectivity index (χ4n) is 3.73. The second-order valence-electron chi connectivity index (χ2n) is 6.49. The van der Waals surface area contributed by atoms with Crippen LogP contribution in [0.1, 0.15) is 34.6 Å². The summed E-state index contributed by atoms with van der Waals surface area (Å²) < 4.78 is 0. The fraction of sp³-hybridized carbons (Fsp3) is 0.400. The number of likely N-dealkylation sites (tertiary alicyclic amines) is 1. The molecule has 2 nitrogen and oxygen atoms in total. The van der Waals surface area contributed by atoms with Crippen molar-refractivity contribution in [3.05, 3.63) is 70.8 Å². The van der Waals surface area contributed by atoms with Crippen LogP contribution in [0.15, 0.2) is 48.5 Å². The first kappa shape index (κ1) is 15.3. The lowest BCUT2D eigenvalue weighted by atomic mass is 9.82. The van der Waals surface area contributed by atoms with Gasteiger partial charge in [0.2, 0.25) is 0 Å². The smallest absolute Gasteiger partial charge is 0.0736 e. The van der Waals surface area contributed by atoms with Gasteiger partial charge in [0, 0.05) is 19.0 Å². The van der Waals surface area contributed by atoms with Gasteiger partial charge in [0.25, 0.3) is 0 Å². The number of rotatable bonds is 3. The molecule has 22 heavy (non-hydrogen) atoms. The summed E-state index contributed by atoms with van der Waals surface area (Å²) >= 11 is 0. The molecule has 1 aliphatic rings. The molecule has 2 aromatic rings. The molecule has 2 unspecified atom stereocenters. The highest BCUT2D eigenvalue weighted by molar-refractivity contribution is 5.37. The number of hydrogen-bond donors (Lipinski definition) is 1. The topological polar surface area (TPSA) is 23.5 Å². The Kier molecular flexibility index (Phi) is 4.60. The Morgan fingerprint density at radius 3 is 2.32 bits per heavy atom. The van der Waals surface area contributed by atoms with E-state index >= 15 is 0 Å². The lowest BCUT2D eigenvalue weighted by molar-refractivity contribution is 0.0473. The largest absolute Gasteiger partial charge is 0.391 e. The first-order chi connectivity index (χ1) is 10.6. The van der Waals surface area contributed by atoms with Gasteiger partial charge in [-0.15, -0.1) is 0 Å². The number of nitrogens with zero attached hydrogens (tertiary/aromatic N) is 1. The minimum absolute atomic E-state index is 0.272. The average molecular weight is 295 g/mol. The van der Waals surface area contributed by atoms with Crippen LogP contribution in [0.4, 0.5) is 0 Å². The molecule has 2 aromatic carbocycles. The molecule has 0 amide bonds. The van der Waals surface area contributed by atoms with Gasteiger partial charge in [-0.2, -0.15) is 0 Å². The summed E-state index contributed by atoms with van der Waals surface area (Å²) in [6.45, 7) is 7.05. The number of hydrogen-bond acceptors (Lipinski definition) is 2. The lowest BCUT2D eigenvalue weighted by Crippen LogP contribution is -2.42. The van der Waals surface area contributed by atoms with Crippen LogP contribution in [0.5, 0.6) is 0 Å². The molecular weight excluding hydrogens is 270 g/mol. The maximum Gasteiger partial charge on any atom is 0.0736 e. The van der Waals surface area contributed by atoms with E-state index in [4.69, 9.17) is 0 Å². The third-order valence-electron chi connectivity index (χ3n) is 4.83. The quantitative estimate of drug-likeness (QED) is 0.934. The Hall–Kier alpha value is -1.64. The van der Waals surface area contributed by atoms with Crippen molar-refractivity contribution in [2.45, 2.75) is 38.8 Å². The number of piperidine rings is 1. The zero-order valence-electron chi connectivity index (χ0n) is 13.5. The highest BCUT2D eigenvalue weighted by atomic mass is 16.3. The summed E-state index contributed by atoms with van der Waals surface area (Å²) in [5, 5.41) is 10.7. The van der Waals surface area contributed by atoms with Crippen LogP contribution < -0.4 is 0 Å². The Labute approximate surface area is 133 Å². The Morgan fingerprint density at radius 2 is 1.68 bits per heavy atom. The molecule has 0 aromatic heterocycles. The molecule has 1 saturated heterocycles. The molecular formula is C20H25NO. The number of benzene rings is 2. The number of aryl methyl sites for hydroxylation is 2. The minimum atomic E-state index is -0.280. The van der Waals surface area contributed by atoms with Gasteiger partial charge in [0.1, 0.15) is 0 Å². The van der Waals surface area contributed by atoms with E-state index in [9.17, 15) is 5.11 Å². The van der Waals surface area contributed by atoms with Gasteiger partial charge in [0.15, 0.2) is 0 Å². The first-order valence-electron chi connectivity index (χ1n) is 8.15. The molecule has 1 heterocycles. The summed E-state index contributed by atoms with van der Waals surface area (Å²) in [4.78, 5) is 2.37. The van der Waals surface area contributed by atoms with Crippen molar-refractivity contribution in [2.24, 2.45) is 0 Å². The normalized spacial score (nSPS) is 22.7. The van der Waals surface area contributed by atoms with E-state index in [1.807, 2.05) is 6.07 Å². The molecule has 116 valence electrons. The summed E-state index contributed by atoms with van der Waals surface area (Å²) in [6.07, 6.45) is 0.747. The van der Waals surface area contributed by atoms with Crippen molar-refractivity contribution in [3.63, 3.8) is 0 Å². The molecule has 1 aliphatic heterocycles. The Balaban J connectivity index is 1.70. The fourth-order valence-corrected chi connectivity index (χ4v) is 3.73. The molecule has 3 rings (SSSR count). The molecule has 0 bridgehead atoms. The first-order valence-corrected chi connectivity index (χ1v) is 8.15. The molecule has 0 spiro atoms. The Bertz CT molecular complexity index is 603. The van der Waals surface area contributed by atoms with E-state index in [2.05, 4.69) is 61.2 Å². The van der Waals surface area contributed by atoms with Crippen LogP contribution in [0.2, 0.25) is 0 Å². The van der Waals surface area contributed by atoms with Crippen molar-refractivity contribution in [1.82, 2.24) is 4.90 Å². The van der Waals surface area contributed by atoms with Crippen molar-refractivity contribution in [2.75, 3.05) is 13.1 Å². The highest BCUT2D eigenvalue weighted by Crippen LogP contribution is 2.33. The molecule has 1 fully saturated rings. The Morgan fingerprint density at radius 1 is 1.00 bits per heavy atom.